The van der Waals surface area contributed by atoms with Crippen LogP contribution in [0.3, 0.4) is 0 Å². The summed E-state index contributed by atoms with van der Waals surface area (Å²) in [5.41, 5.74) is 2.32. The maximum absolute atomic E-state index is 12.5. The van der Waals surface area contributed by atoms with Gasteiger partial charge in [0.1, 0.15) is 0 Å². The lowest BCUT2D eigenvalue weighted by molar-refractivity contribution is -0.121. The van der Waals surface area contributed by atoms with Gasteiger partial charge in [0, 0.05) is 12.6 Å². The third-order valence-electron chi connectivity index (χ3n) is 5.47. The molecule has 5 nitrogen and oxygen atoms in total. The van der Waals surface area contributed by atoms with Crippen LogP contribution < -0.4 is 14.8 Å². The van der Waals surface area contributed by atoms with Gasteiger partial charge in [-0.3, -0.25) is 4.79 Å². The third-order valence-corrected chi connectivity index (χ3v) is 5.47. The fourth-order valence-corrected chi connectivity index (χ4v) is 3.98. The number of nitrogens with one attached hydrogen (secondary N) is 1. The first kappa shape index (κ1) is 21.2. The first-order chi connectivity index (χ1) is 14.2. The second kappa shape index (κ2) is 10.9. The number of hydrogen-bond acceptors (Lipinski definition) is 4. The van der Waals surface area contributed by atoms with Gasteiger partial charge in [-0.05, 0) is 62.0 Å². The molecule has 1 N–H and O–H groups in total. The first-order valence-electron chi connectivity index (χ1n) is 10.4. The monoisotopic (exact) mass is 396 g/mol. The maximum atomic E-state index is 12.5. The molecule has 1 atom stereocenters. The highest BCUT2D eigenvalue weighted by atomic mass is 16.5. The van der Waals surface area contributed by atoms with Crippen molar-refractivity contribution in [3.8, 4) is 11.5 Å². The van der Waals surface area contributed by atoms with Gasteiger partial charge in [0.25, 0.3) is 0 Å². The predicted octanol–water partition coefficient (Wildman–Crippen LogP) is 3.46. The second-order valence-electron chi connectivity index (χ2n) is 7.66. The number of hydrogen-bond donors (Lipinski definition) is 1. The van der Waals surface area contributed by atoms with E-state index in [1.54, 1.807) is 14.2 Å². The zero-order valence-electron chi connectivity index (χ0n) is 17.5. The fraction of sp³-hybridized carbons (Fsp3) is 0.458. The molecule has 3 rings (SSSR count). The quantitative estimate of drug-likeness (QED) is 0.705. The lowest BCUT2D eigenvalue weighted by Gasteiger charge is -2.33. The van der Waals surface area contributed by atoms with Crippen molar-refractivity contribution in [2.75, 3.05) is 33.9 Å². The SMILES string of the molecule is COc1ccc(CC(=O)NC2CCCN(CCCc3ccccc3)C2)cc1OC. The number of ether oxygens (including phenoxy) is 2. The average Bonchev–Trinajstić information content (AvgIpc) is 2.74. The van der Waals surface area contributed by atoms with E-state index in [0.717, 1.165) is 50.9 Å². The molecule has 0 saturated carbocycles. The summed E-state index contributed by atoms with van der Waals surface area (Å²) in [6.45, 7) is 3.14. The minimum atomic E-state index is 0.0633. The van der Waals surface area contributed by atoms with Gasteiger partial charge >= 0.3 is 0 Å². The van der Waals surface area contributed by atoms with Crippen LogP contribution in [-0.2, 0) is 17.6 Å². The summed E-state index contributed by atoms with van der Waals surface area (Å²) in [6.07, 6.45) is 4.79. The van der Waals surface area contributed by atoms with E-state index in [1.165, 1.54) is 5.56 Å². The highest BCUT2D eigenvalue weighted by Gasteiger charge is 2.21. The molecule has 1 saturated heterocycles. The van der Waals surface area contributed by atoms with Gasteiger partial charge in [-0.2, -0.15) is 0 Å². The average molecular weight is 397 g/mol. The molecular weight excluding hydrogens is 364 g/mol. The number of carbonyl (C=O) groups excluding carboxylic acids is 1. The van der Waals surface area contributed by atoms with E-state index >= 15 is 0 Å². The Kier molecular flexibility index (Phi) is 7.94. The topological polar surface area (TPSA) is 50.8 Å². The highest BCUT2D eigenvalue weighted by Crippen LogP contribution is 2.27. The van der Waals surface area contributed by atoms with Crippen molar-refractivity contribution >= 4 is 5.91 Å². The minimum Gasteiger partial charge on any atom is -0.493 e. The standard InChI is InChI=1S/C24H32N2O3/c1-28-22-13-12-20(16-23(22)29-2)17-24(27)25-21-11-7-15-26(18-21)14-6-10-19-8-4-3-5-9-19/h3-5,8-9,12-13,16,21H,6-7,10-11,14-15,17-18H2,1-2H3,(H,25,27). The van der Waals surface area contributed by atoms with E-state index in [9.17, 15) is 4.79 Å². The zero-order valence-corrected chi connectivity index (χ0v) is 17.5. The number of methoxy groups -OCH3 is 2. The van der Waals surface area contributed by atoms with Crippen molar-refractivity contribution in [3.63, 3.8) is 0 Å². The number of rotatable bonds is 9. The van der Waals surface area contributed by atoms with Crippen LogP contribution in [0.5, 0.6) is 11.5 Å². The van der Waals surface area contributed by atoms with Crippen molar-refractivity contribution in [1.82, 2.24) is 10.2 Å². The Hall–Kier alpha value is -2.53. The summed E-state index contributed by atoms with van der Waals surface area (Å²) in [5, 5.41) is 3.22. The van der Waals surface area contributed by atoms with Crippen LogP contribution in [0.15, 0.2) is 48.5 Å². The smallest absolute Gasteiger partial charge is 0.224 e. The van der Waals surface area contributed by atoms with Gasteiger partial charge in [0.05, 0.1) is 20.6 Å². The van der Waals surface area contributed by atoms with E-state index < -0.39 is 0 Å². The van der Waals surface area contributed by atoms with Crippen molar-refractivity contribution in [3.05, 3.63) is 59.7 Å². The molecule has 1 aliphatic heterocycles. The third kappa shape index (κ3) is 6.50. The van der Waals surface area contributed by atoms with Gasteiger partial charge in [-0.15, -0.1) is 0 Å². The van der Waals surface area contributed by atoms with Crippen molar-refractivity contribution in [2.45, 2.75) is 38.1 Å². The lowest BCUT2D eigenvalue weighted by atomic mass is 10.0. The van der Waals surface area contributed by atoms with Crippen LogP contribution in [0, 0.1) is 0 Å². The molecule has 1 unspecified atom stereocenters. The van der Waals surface area contributed by atoms with Gasteiger partial charge in [0.15, 0.2) is 11.5 Å². The van der Waals surface area contributed by atoms with Gasteiger partial charge in [0.2, 0.25) is 5.91 Å². The fourth-order valence-electron chi connectivity index (χ4n) is 3.98. The molecule has 0 spiro atoms. The Labute approximate surface area is 174 Å². The highest BCUT2D eigenvalue weighted by molar-refractivity contribution is 5.79. The molecular formula is C24H32N2O3. The van der Waals surface area contributed by atoms with E-state index in [1.807, 2.05) is 18.2 Å². The van der Waals surface area contributed by atoms with Gasteiger partial charge in [-0.25, -0.2) is 0 Å². The molecule has 0 bridgehead atoms. The molecule has 5 heteroatoms. The van der Waals surface area contributed by atoms with E-state index in [0.29, 0.717) is 17.9 Å². The molecule has 1 aliphatic rings. The van der Waals surface area contributed by atoms with Crippen LogP contribution in [0.4, 0.5) is 0 Å². The first-order valence-corrected chi connectivity index (χ1v) is 10.4. The molecule has 1 heterocycles. The van der Waals surface area contributed by atoms with Gasteiger partial charge in [-0.1, -0.05) is 36.4 Å². The number of carbonyl (C=O) groups is 1. The second-order valence-corrected chi connectivity index (χ2v) is 7.66. The molecule has 29 heavy (non-hydrogen) atoms. The van der Waals surface area contributed by atoms with E-state index in [-0.39, 0.29) is 11.9 Å². The Morgan fingerprint density at radius 3 is 2.62 bits per heavy atom. The molecule has 2 aromatic rings. The lowest BCUT2D eigenvalue weighted by Crippen LogP contribution is -2.48. The summed E-state index contributed by atoms with van der Waals surface area (Å²) in [7, 11) is 3.22. The molecule has 156 valence electrons. The molecule has 2 aromatic carbocycles. The normalized spacial score (nSPS) is 17.0. The Morgan fingerprint density at radius 2 is 1.86 bits per heavy atom. The van der Waals surface area contributed by atoms with E-state index in [2.05, 4.69) is 40.5 Å². The van der Waals surface area contributed by atoms with Crippen molar-refractivity contribution < 1.29 is 14.3 Å². The molecule has 1 fully saturated rings. The zero-order chi connectivity index (χ0) is 20.5. The number of likely N-dealkylation sites (tertiary alicyclic amines) is 1. The number of amides is 1. The van der Waals surface area contributed by atoms with Crippen LogP contribution in [-0.4, -0.2) is 50.7 Å². The van der Waals surface area contributed by atoms with Gasteiger partial charge < -0.3 is 19.7 Å². The maximum Gasteiger partial charge on any atom is 0.224 e. The van der Waals surface area contributed by atoms with Crippen molar-refractivity contribution in [2.24, 2.45) is 0 Å². The van der Waals surface area contributed by atoms with Crippen molar-refractivity contribution in [1.29, 1.82) is 0 Å². The molecule has 0 radical (unpaired) electrons. The number of aryl methyl sites for hydroxylation is 1. The summed E-state index contributed by atoms with van der Waals surface area (Å²) in [4.78, 5) is 15.0. The largest absolute Gasteiger partial charge is 0.493 e. The Morgan fingerprint density at radius 1 is 1.07 bits per heavy atom. The van der Waals surface area contributed by atoms with Crippen LogP contribution in [0.1, 0.15) is 30.4 Å². The minimum absolute atomic E-state index is 0.0633. The van der Waals surface area contributed by atoms with Crippen LogP contribution in [0.2, 0.25) is 0 Å². The van der Waals surface area contributed by atoms with Crippen LogP contribution in [0.25, 0.3) is 0 Å². The molecule has 0 aliphatic carbocycles. The number of nitrogens with zero attached hydrogens (tertiary/aromatic N) is 1. The Bertz CT molecular complexity index is 779. The molecule has 1 amide bonds. The summed E-state index contributed by atoms with van der Waals surface area (Å²) in [5.74, 6) is 1.39. The van der Waals surface area contributed by atoms with Crippen LogP contribution >= 0.6 is 0 Å². The molecule has 0 aromatic heterocycles. The van der Waals surface area contributed by atoms with E-state index in [4.69, 9.17) is 9.47 Å². The number of benzene rings is 2. The summed E-state index contributed by atoms with van der Waals surface area (Å²) < 4.78 is 10.6. The number of piperidine rings is 1. The Balaban J connectivity index is 1.44. The summed E-state index contributed by atoms with van der Waals surface area (Å²) >= 11 is 0. The predicted molar refractivity (Wildman–Crippen MR) is 116 cm³/mol. The summed E-state index contributed by atoms with van der Waals surface area (Å²) in [6, 6.07) is 16.5.